The lowest BCUT2D eigenvalue weighted by molar-refractivity contribution is -0.134. The number of ether oxygens (including phenoxy) is 2. The number of nitrogens with zero attached hydrogens (tertiary/aromatic N) is 2. The third-order valence-electron chi connectivity index (χ3n) is 5.81. The van der Waals surface area contributed by atoms with E-state index in [-0.39, 0.29) is 23.7 Å². The van der Waals surface area contributed by atoms with Gasteiger partial charge < -0.3 is 25.4 Å². The number of hydrogen-bond donors (Lipinski definition) is 2. The van der Waals surface area contributed by atoms with Crippen molar-refractivity contribution in [3.63, 3.8) is 0 Å². The maximum Gasteiger partial charge on any atom is 0.255 e. The molecule has 1 atom stereocenters. The minimum Gasteiger partial charge on any atom is -0.497 e. The lowest BCUT2D eigenvalue weighted by Crippen LogP contribution is -2.38. The number of benzene rings is 1. The molecule has 2 amide bonds. The molecular formula is C23H28N4O4. The maximum absolute atomic E-state index is 12.8. The molecule has 0 saturated carbocycles. The van der Waals surface area contributed by atoms with Gasteiger partial charge in [0.2, 0.25) is 5.91 Å². The number of amides is 2. The van der Waals surface area contributed by atoms with Crippen LogP contribution in [0.15, 0.2) is 30.3 Å². The summed E-state index contributed by atoms with van der Waals surface area (Å²) in [6.45, 7) is 2.12. The molecule has 164 valence electrons. The molecule has 0 aliphatic carbocycles. The first kappa shape index (κ1) is 21.1. The lowest BCUT2D eigenvalue weighted by atomic mass is 10.0. The van der Waals surface area contributed by atoms with Crippen LogP contribution in [-0.2, 0) is 29.0 Å². The van der Waals surface area contributed by atoms with Crippen molar-refractivity contribution < 1.29 is 19.1 Å². The number of hydrogen-bond acceptors (Lipinski definition) is 6. The van der Waals surface area contributed by atoms with Gasteiger partial charge in [-0.25, -0.2) is 4.98 Å². The Hall–Kier alpha value is -3.13. The number of methoxy groups -OCH3 is 1. The molecule has 3 heterocycles. The number of nitrogens with two attached hydrogens (primary N) is 1. The number of fused-ring (bicyclic) bond motifs is 1. The van der Waals surface area contributed by atoms with Crippen molar-refractivity contribution in [2.24, 2.45) is 0 Å². The Morgan fingerprint density at radius 1 is 1.35 bits per heavy atom. The highest BCUT2D eigenvalue weighted by Crippen LogP contribution is 2.24. The highest BCUT2D eigenvalue weighted by Gasteiger charge is 2.27. The van der Waals surface area contributed by atoms with Gasteiger partial charge in [0.15, 0.2) is 0 Å². The molecule has 0 spiro atoms. The molecule has 2 aliphatic rings. The minimum atomic E-state index is -0.293. The largest absolute Gasteiger partial charge is 0.497 e. The van der Waals surface area contributed by atoms with Gasteiger partial charge in [-0.2, -0.15) is 0 Å². The number of rotatable bonds is 6. The van der Waals surface area contributed by atoms with Crippen LogP contribution in [0.25, 0.3) is 0 Å². The van der Waals surface area contributed by atoms with Crippen molar-refractivity contribution in [1.29, 1.82) is 0 Å². The monoisotopic (exact) mass is 424 g/mol. The van der Waals surface area contributed by atoms with Crippen molar-refractivity contribution in [3.8, 4) is 5.75 Å². The summed E-state index contributed by atoms with van der Waals surface area (Å²) in [6.07, 6.45) is 3.01. The molecule has 1 aromatic heterocycles. The van der Waals surface area contributed by atoms with Crippen molar-refractivity contribution in [3.05, 3.63) is 52.7 Å². The lowest BCUT2D eigenvalue weighted by Gasteiger charge is -2.29. The first-order valence-corrected chi connectivity index (χ1v) is 10.6. The highest BCUT2D eigenvalue weighted by atomic mass is 16.5. The molecule has 2 aliphatic heterocycles. The minimum absolute atomic E-state index is 0.0244. The predicted molar refractivity (Wildman–Crippen MR) is 116 cm³/mol. The smallest absolute Gasteiger partial charge is 0.255 e. The fourth-order valence-electron chi connectivity index (χ4n) is 4.07. The third-order valence-corrected chi connectivity index (χ3v) is 5.81. The number of nitrogens with one attached hydrogen (secondary N) is 1. The van der Waals surface area contributed by atoms with E-state index in [9.17, 15) is 9.59 Å². The van der Waals surface area contributed by atoms with Crippen LogP contribution >= 0.6 is 0 Å². The van der Waals surface area contributed by atoms with Crippen molar-refractivity contribution in [1.82, 2.24) is 15.2 Å². The Bertz CT molecular complexity index is 972. The summed E-state index contributed by atoms with van der Waals surface area (Å²) in [6, 6.07) is 9.27. The predicted octanol–water partition coefficient (Wildman–Crippen LogP) is 2.06. The standard InChI is InChI=1S/C23H28N4O4/c1-30-17-5-2-4-15(10-17)13-25-23(29)19-11-16-14-27(8-7-20(16)26-22(19)24)21(28)12-18-6-3-9-31-18/h2,4-5,10-11,18H,3,6-9,12-14H2,1H3,(H2,24,26)(H,25,29). The van der Waals surface area contributed by atoms with E-state index in [1.54, 1.807) is 13.2 Å². The third kappa shape index (κ3) is 4.96. The molecular weight excluding hydrogens is 396 g/mol. The second-order valence-corrected chi connectivity index (χ2v) is 7.97. The fourth-order valence-corrected chi connectivity index (χ4v) is 4.07. The first-order chi connectivity index (χ1) is 15.0. The van der Waals surface area contributed by atoms with E-state index < -0.39 is 0 Å². The molecule has 8 heteroatoms. The summed E-state index contributed by atoms with van der Waals surface area (Å²) >= 11 is 0. The van der Waals surface area contributed by atoms with Gasteiger partial charge in [-0.1, -0.05) is 12.1 Å². The van der Waals surface area contributed by atoms with Crippen molar-refractivity contribution >= 4 is 17.6 Å². The number of nitrogen functional groups attached to an aromatic ring is 1. The van der Waals surface area contributed by atoms with E-state index in [2.05, 4.69) is 10.3 Å². The molecule has 1 fully saturated rings. The summed E-state index contributed by atoms with van der Waals surface area (Å²) in [5.74, 6) is 0.729. The van der Waals surface area contributed by atoms with Crippen LogP contribution in [0.3, 0.4) is 0 Å². The van der Waals surface area contributed by atoms with Crippen LogP contribution < -0.4 is 15.8 Å². The Morgan fingerprint density at radius 3 is 3.00 bits per heavy atom. The molecule has 0 bridgehead atoms. The molecule has 8 nitrogen and oxygen atoms in total. The van der Waals surface area contributed by atoms with Gasteiger partial charge in [0.25, 0.3) is 5.91 Å². The van der Waals surface area contributed by atoms with Gasteiger partial charge in [0.05, 0.1) is 25.2 Å². The Kier molecular flexibility index (Phi) is 6.36. The van der Waals surface area contributed by atoms with Gasteiger partial charge >= 0.3 is 0 Å². The Balaban J connectivity index is 1.42. The summed E-state index contributed by atoms with van der Waals surface area (Å²) in [4.78, 5) is 31.7. The average molecular weight is 425 g/mol. The zero-order valence-corrected chi connectivity index (χ0v) is 17.7. The van der Waals surface area contributed by atoms with E-state index >= 15 is 0 Å². The summed E-state index contributed by atoms with van der Waals surface area (Å²) in [5.41, 5.74) is 9.04. The molecule has 0 radical (unpaired) electrons. The number of carbonyl (C=O) groups is 2. The van der Waals surface area contributed by atoms with Gasteiger partial charge in [-0.15, -0.1) is 0 Å². The number of anilines is 1. The van der Waals surface area contributed by atoms with Crippen LogP contribution in [0.1, 0.15) is 46.4 Å². The second-order valence-electron chi connectivity index (χ2n) is 7.97. The highest BCUT2D eigenvalue weighted by molar-refractivity contribution is 5.98. The van der Waals surface area contributed by atoms with Crippen LogP contribution in [0, 0.1) is 0 Å². The van der Waals surface area contributed by atoms with Crippen LogP contribution in [0.2, 0.25) is 0 Å². The summed E-state index contributed by atoms with van der Waals surface area (Å²) < 4.78 is 10.8. The molecule has 31 heavy (non-hydrogen) atoms. The molecule has 1 saturated heterocycles. The van der Waals surface area contributed by atoms with E-state index in [0.717, 1.165) is 42.0 Å². The van der Waals surface area contributed by atoms with E-state index in [1.807, 2.05) is 29.2 Å². The first-order valence-electron chi connectivity index (χ1n) is 10.6. The molecule has 1 aromatic carbocycles. The molecule has 1 unspecified atom stereocenters. The summed E-state index contributed by atoms with van der Waals surface area (Å²) in [5, 5.41) is 2.88. The topological polar surface area (TPSA) is 107 Å². The normalized spacial score (nSPS) is 17.8. The average Bonchev–Trinajstić information content (AvgIpc) is 3.29. The van der Waals surface area contributed by atoms with Gasteiger partial charge in [-0.3, -0.25) is 9.59 Å². The fraction of sp³-hybridized carbons (Fsp3) is 0.435. The van der Waals surface area contributed by atoms with E-state index in [0.29, 0.717) is 38.0 Å². The van der Waals surface area contributed by atoms with Gasteiger partial charge in [0, 0.05) is 38.4 Å². The van der Waals surface area contributed by atoms with Gasteiger partial charge in [0.1, 0.15) is 11.6 Å². The number of pyridine rings is 1. The van der Waals surface area contributed by atoms with Crippen molar-refractivity contribution in [2.45, 2.75) is 44.9 Å². The molecule has 4 rings (SSSR count). The zero-order valence-electron chi connectivity index (χ0n) is 17.7. The summed E-state index contributed by atoms with van der Waals surface area (Å²) in [7, 11) is 1.60. The van der Waals surface area contributed by atoms with Crippen LogP contribution in [0.4, 0.5) is 5.82 Å². The second kappa shape index (κ2) is 9.34. The van der Waals surface area contributed by atoms with Crippen LogP contribution in [0.5, 0.6) is 5.75 Å². The zero-order chi connectivity index (χ0) is 21.8. The maximum atomic E-state index is 12.8. The SMILES string of the molecule is COc1cccc(CNC(=O)c2cc3c(nc2N)CCN(C(=O)CC2CCCO2)C3)c1. The van der Waals surface area contributed by atoms with Crippen LogP contribution in [-0.4, -0.2) is 48.1 Å². The molecule has 3 N–H and O–H groups in total. The number of carbonyl (C=O) groups excluding carboxylic acids is 2. The van der Waals surface area contributed by atoms with E-state index in [4.69, 9.17) is 15.2 Å². The van der Waals surface area contributed by atoms with Crippen molar-refractivity contribution in [2.75, 3.05) is 26.0 Å². The number of aromatic nitrogens is 1. The molecule has 2 aromatic rings. The Morgan fingerprint density at radius 2 is 2.23 bits per heavy atom. The quantitative estimate of drug-likeness (QED) is 0.735. The Labute approximate surface area is 181 Å². The van der Waals surface area contributed by atoms with Gasteiger partial charge in [-0.05, 0) is 42.2 Å². The van der Waals surface area contributed by atoms with E-state index in [1.165, 1.54) is 0 Å².